The Kier molecular flexibility index (Phi) is 2.95. The summed E-state index contributed by atoms with van der Waals surface area (Å²) in [6.45, 7) is 0.201. The summed E-state index contributed by atoms with van der Waals surface area (Å²) in [5, 5.41) is 11.4. The van der Waals surface area contributed by atoms with Crippen LogP contribution < -0.4 is 10.7 Å². The fourth-order valence-corrected chi connectivity index (χ4v) is 0.144. The Morgan fingerprint density at radius 3 is 2.57 bits per heavy atom. The Bertz CT molecular complexity index is 64.0. The molecule has 2 N–H and O–H groups in total. The van der Waals surface area contributed by atoms with Gasteiger partial charge < -0.3 is 0 Å². The van der Waals surface area contributed by atoms with Crippen LogP contribution in [0.3, 0.4) is 0 Å². The molecule has 0 aromatic carbocycles. The first kappa shape index (κ1) is 6.16. The molecule has 0 bridgehead atoms. The van der Waals surface area contributed by atoms with Gasteiger partial charge in [0.2, 0.25) is 0 Å². The molecular formula is C2H7N3O2. The van der Waals surface area contributed by atoms with Crippen molar-refractivity contribution in [1.82, 2.24) is 10.7 Å². The van der Waals surface area contributed by atoms with E-state index in [0.29, 0.717) is 0 Å². The molecule has 0 saturated heterocycles. The van der Waals surface area contributed by atoms with E-state index in [9.17, 15) is 10.1 Å². The van der Waals surface area contributed by atoms with Crippen molar-refractivity contribution in [3.05, 3.63) is 10.1 Å². The van der Waals surface area contributed by atoms with Crippen molar-refractivity contribution >= 4 is 0 Å². The monoisotopic (exact) mass is 105 g/mol. The topological polar surface area (TPSA) is 67.2 Å². The predicted molar refractivity (Wildman–Crippen MR) is 24.1 cm³/mol. The van der Waals surface area contributed by atoms with Gasteiger partial charge in [-0.05, 0) is 7.05 Å². The van der Waals surface area contributed by atoms with Gasteiger partial charge in [0, 0.05) is 0 Å². The Labute approximate surface area is 40.8 Å². The Hall–Kier alpha value is -0.840. The second kappa shape index (κ2) is 3.35. The summed E-state index contributed by atoms with van der Waals surface area (Å²) in [5.41, 5.74) is 1.91. The molecule has 0 aliphatic rings. The van der Waals surface area contributed by atoms with Crippen LogP contribution in [0.25, 0.3) is 0 Å². The number of hydrogen-bond donors (Lipinski definition) is 2. The van der Waals surface area contributed by atoms with Crippen molar-refractivity contribution in [1.29, 1.82) is 0 Å². The number of hydrogen-bond acceptors (Lipinski definition) is 3. The number of rotatable bonds is 3. The van der Waals surface area contributed by atoms with Crippen molar-refractivity contribution in [2.45, 2.75) is 0 Å². The van der Waals surface area contributed by atoms with Crippen LogP contribution in [0, 0.1) is 10.1 Å². The summed E-state index contributed by atoms with van der Waals surface area (Å²) in [6, 6.07) is 0. The molecule has 0 aliphatic heterocycles. The van der Waals surface area contributed by atoms with E-state index in [0.717, 1.165) is 0 Å². The van der Waals surface area contributed by atoms with E-state index in [-0.39, 0.29) is 6.67 Å². The van der Waals surface area contributed by atoms with Gasteiger partial charge in [-0.1, -0.05) is 0 Å². The first-order valence-electron chi connectivity index (χ1n) is 1.80. The lowest BCUT2D eigenvalue weighted by Crippen LogP contribution is -2.30. The number of nitrogens with one attached hydrogen (secondary N) is 2. The van der Waals surface area contributed by atoms with Gasteiger partial charge >= 0.3 is 0 Å². The second-order valence-corrected chi connectivity index (χ2v) is 0.946. The highest BCUT2D eigenvalue weighted by atomic mass is 16.7. The molecule has 0 rings (SSSR count). The van der Waals surface area contributed by atoms with Gasteiger partial charge in [0.1, 0.15) is 6.67 Å². The average molecular weight is 105 g/mol. The molecule has 42 valence electrons. The van der Waals surface area contributed by atoms with Crippen molar-refractivity contribution in [2.24, 2.45) is 0 Å². The predicted octanol–water partition coefficient (Wildman–Crippen LogP) is -1.06. The van der Waals surface area contributed by atoms with Crippen LogP contribution in [0.15, 0.2) is 0 Å². The number of nitro groups is 1. The molecular weight excluding hydrogens is 98.0 g/mol. The summed E-state index contributed by atoms with van der Waals surface area (Å²) < 4.78 is 0. The van der Waals surface area contributed by atoms with Gasteiger partial charge in [0.05, 0.1) is 0 Å². The lowest BCUT2D eigenvalue weighted by atomic mass is 11.1. The molecule has 0 radical (unpaired) electrons. The van der Waals surface area contributed by atoms with Gasteiger partial charge in [-0.3, -0.25) is 5.32 Å². The third kappa shape index (κ3) is 5.16. The van der Waals surface area contributed by atoms with Crippen LogP contribution >= 0.6 is 0 Å². The highest BCUT2D eigenvalue weighted by molar-refractivity contribution is 4.18. The maximum atomic E-state index is 9.41. The molecule has 0 unspecified atom stereocenters. The minimum absolute atomic E-state index is 0.201. The maximum Gasteiger partial charge on any atom is 0.158 e. The molecule has 0 aromatic heterocycles. The standard InChI is InChI=1S/C2H7N3O2/c1-3-2-4-5(6)7/h3-4H,2H2,1H3. The third-order valence-corrected chi connectivity index (χ3v) is 0.385. The molecule has 0 spiro atoms. The molecule has 0 aliphatic carbocycles. The molecule has 0 aromatic rings. The second-order valence-electron chi connectivity index (χ2n) is 0.946. The zero-order valence-corrected chi connectivity index (χ0v) is 3.97. The summed E-state index contributed by atoms with van der Waals surface area (Å²) >= 11 is 0. The SMILES string of the molecule is CNCN[N+](=O)[O-]. The molecule has 0 heterocycles. The maximum absolute atomic E-state index is 9.41. The number of nitrogens with zero attached hydrogens (tertiary/aromatic N) is 1. The average Bonchev–Trinajstić information content (AvgIpc) is 1.61. The summed E-state index contributed by atoms with van der Waals surface area (Å²) in [6.07, 6.45) is 0. The van der Waals surface area contributed by atoms with Crippen LogP contribution in [-0.4, -0.2) is 18.7 Å². The van der Waals surface area contributed by atoms with Crippen LogP contribution in [0.2, 0.25) is 0 Å². The lowest BCUT2D eigenvalue weighted by Gasteiger charge is -1.90. The van der Waals surface area contributed by atoms with Gasteiger partial charge in [0.15, 0.2) is 5.03 Å². The van der Waals surface area contributed by atoms with E-state index >= 15 is 0 Å². The molecule has 5 nitrogen and oxygen atoms in total. The molecule has 0 atom stereocenters. The first-order valence-corrected chi connectivity index (χ1v) is 1.80. The summed E-state index contributed by atoms with van der Waals surface area (Å²) in [4.78, 5) is 9.41. The summed E-state index contributed by atoms with van der Waals surface area (Å²) in [7, 11) is 1.62. The smallest absolute Gasteiger partial charge is 0.158 e. The normalized spacial score (nSPS) is 8.14. The molecule has 7 heavy (non-hydrogen) atoms. The number of hydrazine groups is 1. The molecule has 0 amide bonds. The Balaban J connectivity index is 2.82. The van der Waals surface area contributed by atoms with E-state index in [1.54, 1.807) is 7.05 Å². The van der Waals surface area contributed by atoms with Gasteiger partial charge in [0.25, 0.3) is 0 Å². The minimum atomic E-state index is -0.601. The highest BCUT2D eigenvalue weighted by Gasteiger charge is 1.84. The Morgan fingerprint density at radius 2 is 2.43 bits per heavy atom. The van der Waals surface area contributed by atoms with Crippen LogP contribution in [-0.2, 0) is 0 Å². The van der Waals surface area contributed by atoms with Crippen molar-refractivity contribution in [3.63, 3.8) is 0 Å². The van der Waals surface area contributed by atoms with Crippen molar-refractivity contribution in [2.75, 3.05) is 13.7 Å². The fraction of sp³-hybridized carbons (Fsp3) is 1.00. The van der Waals surface area contributed by atoms with E-state index in [4.69, 9.17) is 0 Å². The van der Waals surface area contributed by atoms with Gasteiger partial charge in [-0.25, -0.2) is 10.1 Å². The van der Waals surface area contributed by atoms with Crippen LogP contribution in [0.1, 0.15) is 0 Å². The molecule has 0 saturated carbocycles. The zero-order valence-electron chi connectivity index (χ0n) is 3.97. The molecule has 5 heteroatoms. The fourth-order valence-electron chi connectivity index (χ4n) is 0.144. The zero-order chi connectivity index (χ0) is 5.70. The third-order valence-electron chi connectivity index (χ3n) is 0.385. The van der Waals surface area contributed by atoms with Crippen LogP contribution in [0.5, 0.6) is 0 Å². The van der Waals surface area contributed by atoms with Crippen molar-refractivity contribution < 1.29 is 5.03 Å². The van der Waals surface area contributed by atoms with E-state index < -0.39 is 5.03 Å². The lowest BCUT2D eigenvalue weighted by molar-refractivity contribution is -0.544. The largest absolute Gasteiger partial charge is 0.298 e. The first-order chi connectivity index (χ1) is 3.27. The molecule has 0 fully saturated rings. The van der Waals surface area contributed by atoms with E-state index in [2.05, 4.69) is 5.32 Å². The highest BCUT2D eigenvalue weighted by Crippen LogP contribution is 1.49. The quantitative estimate of drug-likeness (QED) is 0.273. The van der Waals surface area contributed by atoms with E-state index in [1.165, 1.54) is 0 Å². The van der Waals surface area contributed by atoms with Crippen molar-refractivity contribution in [3.8, 4) is 0 Å². The Morgan fingerprint density at radius 1 is 1.86 bits per heavy atom. The van der Waals surface area contributed by atoms with E-state index in [1.807, 2.05) is 5.43 Å². The summed E-state index contributed by atoms with van der Waals surface area (Å²) in [5.74, 6) is 0. The minimum Gasteiger partial charge on any atom is -0.298 e. The van der Waals surface area contributed by atoms with Crippen LogP contribution in [0.4, 0.5) is 0 Å². The van der Waals surface area contributed by atoms with Gasteiger partial charge in [-0.15, -0.1) is 5.43 Å². The van der Waals surface area contributed by atoms with Gasteiger partial charge in [-0.2, -0.15) is 0 Å².